The van der Waals surface area contributed by atoms with Crippen molar-refractivity contribution >= 4 is 5.82 Å². The minimum absolute atomic E-state index is 0.213. The van der Waals surface area contributed by atoms with Crippen LogP contribution >= 0.6 is 0 Å². The molecule has 0 saturated carbocycles. The fourth-order valence-corrected chi connectivity index (χ4v) is 3.67. The predicted molar refractivity (Wildman–Crippen MR) is 104 cm³/mol. The third-order valence-electron chi connectivity index (χ3n) is 5.08. The molecular weight excluding hydrogens is 327 g/mol. The number of aromatic nitrogens is 2. The molecule has 1 saturated heterocycles. The number of pyridine rings is 1. The van der Waals surface area contributed by atoms with Crippen LogP contribution in [0.25, 0.3) is 22.3 Å². The molecule has 1 fully saturated rings. The van der Waals surface area contributed by atoms with Gasteiger partial charge in [-0.05, 0) is 42.4 Å². The Kier molecular flexibility index (Phi) is 4.47. The first-order valence-electron chi connectivity index (χ1n) is 8.92. The van der Waals surface area contributed by atoms with Crippen molar-refractivity contribution in [1.29, 1.82) is 0 Å². The minimum Gasteiger partial charge on any atom is -0.355 e. The van der Waals surface area contributed by atoms with Gasteiger partial charge in [0.15, 0.2) is 0 Å². The van der Waals surface area contributed by atoms with E-state index in [0.717, 1.165) is 42.9 Å². The molecule has 3 heterocycles. The number of halogens is 1. The highest BCUT2D eigenvalue weighted by atomic mass is 19.1. The number of likely N-dealkylation sites (N-methyl/N-ethyl adjacent to an activating group) is 1. The summed E-state index contributed by atoms with van der Waals surface area (Å²) in [6.45, 7) is 4.09. The van der Waals surface area contributed by atoms with Crippen LogP contribution in [0.5, 0.6) is 0 Å². The van der Waals surface area contributed by atoms with Crippen molar-refractivity contribution in [2.45, 2.75) is 0 Å². The Hall–Kier alpha value is -2.66. The average molecular weight is 350 g/mol. The van der Waals surface area contributed by atoms with Gasteiger partial charge in [-0.15, -0.1) is 0 Å². The number of hydrogen-bond acceptors (Lipinski definition) is 3. The normalized spacial score (nSPS) is 15.4. The van der Waals surface area contributed by atoms with Gasteiger partial charge in [-0.3, -0.25) is 4.98 Å². The van der Waals surface area contributed by atoms with Gasteiger partial charge >= 0.3 is 0 Å². The van der Waals surface area contributed by atoms with Crippen LogP contribution in [0.3, 0.4) is 0 Å². The second-order valence-corrected chi connectivity index (χ2v) is 6.89. The van der Waals surface area contributed by atoms with Crippen LogP contribution in [-0.2, 0) is 7.05 Å². The largest absolute Gasteiger partial charge is 0.355 e. The zero-order chi connectivity index (χ0) is 18.1. The van der Waals surface area contributed by atoms with Crippen molar-refractivity contribution in [3.05, 3.63) is 60.8 Å². The molecule has 0 N–H and O–H groups in total. The van der Waals surface area contributed by atoms with Crippen LogP contribution in [0.15, 0.2) is 55.0 Å². The maximum Gasteiger partial charge on any atom is 0.123 e. The quantitative estimate of drug-likeness (QED) is 0.721. The van der Waals surface area contributed by atoms with Crippen LogP contribution in [0, 0.1) is 5.82 Å². The van der Waals surface area contributed by atoms with Crippen LogP contribution in [-0.4, -0.2) is 47.7 Å². The molecule has 26 heavy (non-hydrogen) atoms. The fourth-order valence-electron chi connectivity index (χ4n) is 3.67. The lowest BCUT2D eigenvalue weighted by Crippen LogP contribution is -2.45. The molecule has 5 heteroatoms. The second-order valence-electron chi connectivity index (χ2n) is 6.89. The Morgan fingerprint density at radius 2 is 1.50 bits per heavy atom. The summed E-state index contributed by atoms with van der Waals surface area (Å²) in [5.41, 5.74) is 4.46. The first-order valence-corrected chi connectivity index (χ1v) is 8.92. The molecule has 0 unspecified atom stereocenters. The SMILES string of the molecule is CN1CCN(c2c(-c3ccncc3)c(-c3ccc(F)cc3)cn2C)CC1. The summed E-state index contributed by atoms with van der Waals surface area (Å²) in [6.07, 6.45) is 5.80. The zero-order valence-electron chi connectivity index (χ0n) is 15.2. The molecule has 0 atom stereocenters. The smallest absolute Gasteiger partial charge is 0.123 e. The van der Waals surface area contributed by atoms with E-state index in [1.807, 2.05) is 36.7 Å². The number of hydrogen-bond donors (Lipinski definition) is 0. The standard InChI is InChI=1S/C21H23FN4/c1-24-11-13-26(14-12-24)21-20(17-7-9-23-10-8-17)19(15-25(21)2)16-3-5-18(22)6-4-16/h3-10,15H,11-14H2,1-2H3. The topological polar surface area (TPSA) is 24.3 Å². The second kappa shape index (κ2) is 6.92. The number of piperazine rings is 1. The van der Waals surface area contributed by atoms with Crippen LogP contribution < -0.4 is 4.90 Å². The predicted octanol–water partition coefficient (Wildman–Crippen LogP) is 3.65. The van der Waals surface area contributed by atoms with E-state index < -0.39 is 0 Å². The summed E-state index contributed by atoms with van der Waals surface area (Å²) in [7, 11) is 4.25. The molecule has 1 aromatic carbocycles. The van der Waals surface area contributed by atoms with Crippen LogP contribution in [0.1, 0.15) is 0 Å². The number of benzene rings is 1. The molecule has 0 amide bonds. The highest BCUT2D eigenvalue weighted by Gasteiger charge is 2.24. The molecule has 0 spiro atoms. The van der Waals surface area contributed by atoms with Gasteiger partial charge < -0.3 is 14.4 Å². The third kappa shape index (κ3) is 3.10. The van der Waals surface area contributed by atoms with E-state index in [1.54, 1.807) is 0 Å². The van der Waals surface area contributed by atoms with E-state index in [2.05, 4.69) is 39.6 Å². The van der Waals surface area contributed by atoms with Crippen molar-refractivity contribution in [2.24, 2.45) is 7.05 Å². The molecule has 1 aliphatic heterocycles. The Balaban J connectivity index is 1.87. The Morgan fingerprint density at radius 3 is 2.15 bits per heavy atom. The van der Waals surface area contributed by atoms with Crippen molar-refractivity contribution in [3.63, 3.8) is 0 Å². The summed E-state index contributed by atoms with van der Waals surface area (Å²) < 4.78 is 15.6. The summed E-state index contributed by atoms with van der Waals surface area (Å²) in [4.78, 5) is 8.97. The Labute approximate surface area is 153 Å². The first kappa shape index (κ1) is 16.8. The summed E-state index contributed by atoms with van der Waals surface area (Å²) in [5, 5.41) is 0. The van der Waals surface area contributed by atoms with Crippen molar-refractivity contribution in [2.75, 3.05) is 38.1 Å². The van der Waals surface area contributed by atoms with Crippen molar-refractivity contribution in [3.8, 4) is 22.3 Å². The molecule has 2 aromatic heterocycles. The lowest BCUT2D eigenvalue weighted by atomic mass is 9.98. The molecule has 1 aliphatic rings. The molecule has 4 nitrogen and oxygen atoms in total. The van der Waals surface area contributed by atoms with E-state index in [0.29, 0.717) is 0 Å². The summed E-state index contributed by atoms with van der Waals surface area (Å²) in [5.74, 6) is 0.998. The van der Waals surface area contributed by atoms with Crippen molar-refractivity contribution < 1.29 is 4.39 Å². The van der Waals surface area contributed by atoms with Crippen molar-refractivity contribution in [1.82, 2.24) is 14.5 Å². The first-order chi connectivity index (χ1) is 12.6. The number of rotatable bonds is 3. The number of aryl methyl sites for hydroxylation is 1. The van der Waals surface area contributed by atoms with Gasteiger partial charge in [-0.1, -0.05) is 12.1 Å². The van der Waals surface area contributed by atoms with Gasteiger partial charge in [0.25, 0.3) is 0 Å². The maximum absolute atomic E-state index is 13.4. The lowest BCUT2D eigenvalue weighted by molar-refractivity contribution is 0.311. The van der Waals surface area contributed by atoms with Crippen LogP contribution in [0.4, 0.5) is 10.2 Å². The van der Waals surface area contributed by atoms with E-state index >= 15 is 0 Å². The Morgan fingerprint density at radius 1 is 0.846 bits per heavy atom. The Bertz CT molecular complexity index is 878. The molecule has 134 valence electrons. The van der Waals surface area contributed by atoms with Gasteiger partial charge in [-0.25, -0.2) is 4.39 Å². The number of nitrogens with zero attached hydrogens (tertiary/aromatic N) is 4. The molecular formula is C21H23FN4. The van der Waals surface area contributed by atoms with E-state index in [-0.39, 0.29) is 5.82 Å². The highest BCUT2D eigenvalue weighted by Crippen LogP contribution is 2.41. The van der Waals surface area contributed by atoms with E-state index in [4.69, 9.17) is 0 Å². The van der Waals surface area contributed by atoms with Gasteiger partial charge in [0.2, 0.25) is 0 Å². The molecule has 0 radical (unpaired) electrons. The lowest BCUT2D eigenvalue weighted by Gasteiger charge is -2.35. The fraction of sp³-hybridized carbons (Fsp3) is 0.286. The van der Waals surface area contributed by atoms with Gasteiger partial charge in [0.1, 0.15) is 11.6 Å². The maximum atomic E-state index is 13.4. The third-order valence-corrected chi connectivity index (χ3v) is 5.08. The molecule has 0 aliphatic carbocycles. The minimum atomic E-state index is -0.213. The van der Waals surface area contributed by atoms with Crippen LogP contribution in [0.2, 0.25) is 0 Å². The number of anilines is 1. The van der Waals surface area contributed by atoms with Gasteiger partial charge in [-0.2, -0.15) is 0 Å². The summed E-state index contributed by atoms with van der Waals surface area (Å²) >= 11 is 0. The monoisotopic (exact) mass is 350 g/mol. The van der Waals surface area contributed by atoms with Gasteiger partial charge in [0.05, 0.1) is 0 Å². The average Bonchev–Trinajstić information content (AvgIpc) is 3.01. The molecule has 4 rings (SSSR count). The van der Waals surface area contributed by atoms with Gasteiger partial charge in [0, 0.05) is 62.9 Å². The van der Waals surface area contributed by atoms with E-state index in [9.17, 15) is 4.39 Å². The zero-order valence-corrected chi connectivity index (χ0v) is 15.2. The molecule has 0 bridgehead atoms. The summed E-state index contributed by atoms with van der Waals surface area (Å²) in [6, 6.07) is 10.8. The highest BCUT2D eigenvalue weighted by molar-refractivity contribution is 5.92. The molecule has 3 aromatic rings. The van der Waals surface area contributed by atoms with E-state index in [1.165, 1.54) is 23.5 Å².